The fourth-order valence-corrected chi connectivity index (χ4v) is 2.52. The van der Waals surface area contributed by atoms with Gasteiger partial charge in [0.05, 0.1) is 6.10 Å². The van der Waals surface area contributed by atoms with Crippen LogP contribution in [0.3, 0.4) is 0 Å². The number of fused-ring (bicyclic) bond motifs is 1. The van der Waals surface area contributed by atoms with Crippen LogP contribution < -0.4 is 5.32 Å². The van der Waals surface area contributed by atoms with Gasteiger partial charge in [-0.05, 0) is 17.2 Å². The number of hydrogen-bond donors (Lipinski definition) is 3. The maximum absolute atomic E-state index is 11.5. The van der Waals surface area contributed by atoms with E-state index in [9.17, 15) is 19.8 Å². The number of nitrogens with one attached hydrogen (secondary N) is 1. The van der Waals surface area contributed by atoms with Crippen LogP contribution in [0, 0.1) is 0 Å². The number of thioether (sulfide) groups is 1. The van der Waals surface area contributed by atoms with Gasteiger partial charge in [-0.1, -0.05) is 23.9 Å². The Kier molecular flexibility index (Phi) is 4.24. The Hall–Kier alpha value is -1.37. The lowest BCUT2D eigenvalue weighted by Gasteiger charge is -2.17. The average molecular weight is 281 g/mol. The van der Waals surface area contributed by atoms with Gasteiger partial charge in [-0.25, -0.2) is 0 Å². The van der Waals surface area contributed by atoms with Gasteiger partial charge >= 0.3 is 0 Å². The molecule has 5 nitrogen and oxygen atoms in total. The maximum Gasteiger partial charge on any atom is 0.251 e. The number of aliphatic hydroxyl groups is 2. The lowest BCUT2D eigenvalue weighted by atomic mass is 10.00. The minimum atomic E-state index is -1.11. The second kappa shape index (κ2) is 5.73. The molecule has 2 unspecified atom stereocenters. The van der Waals surface area contributed by atoms with Crippen LogP contribution in [-0.2, 0) is 11.3 Å². The molecule has 0 aliphatic carbocycles. The molecule has 1 heterocycles. The molecule has 102 valence electrons. The zero-order valence-corrected chi connectivity index (χ0v) is 11.2. The first-order chi connectivity index (χ1) is 8.99. The Morgan fingerprint density at radius 2 is 2.21 bits per heavy atom. The molecule has 0 bridgehead atoms. The van der Waals surface area contributed by atoms with E-state index in [0.717, 1.165) is 17.3 Å². The van der Waals surface area contributed by atoms with Gasteiger partial charge in [0.2, 0.25) is 0 Å². The van der Waals surface area contributed by atoms with E-state index in [2.05, 4.69) is 5.32 Å². The topological polar surface area (TPSA) is 86.6 Å². The molecule has 1 amide bonds. The summed E-state index contributed by atoms with van der Waals surface area (Å²) in [7, 11) is 0. The van der Waals surface area contributed by atoms with Crippen molar-refractivity contribution in [1.82, 2.24) is 5.32 Å². The van der Waals surface area contributed by atoms with E-state index in [1.807, 2.05) is 0 Å². The summed E-state index contributed by atoms with van der Waals surface area (Å²) in [5.74, 6) is -0.0450. The molecule has 2 atom stereocenters. The normalized spacial score (nSPS) is 16.7. The van der Waals surface area contributed by atoms with Gasteiger partial charge < -0.3 is 15.5 Å². The van der Waals surface area contributed by atoms with Crippen LogP contribution in [0.4, 0.5) is 0 Å². The van der Waals surface area contributed by atoms with Crippen LogP contribution >= 0.6 is 11.8 Å². The Labute approximate surface area is 115 Å². The number of hydrogen-bond acceptors (Lipinski definition) is 5. The van der Waals surface area contributed by atoms with Gasteiger partial charge in [0.15, 0.2) is 5.12 Å². The molecule has 1 aromatic rings. The summed E-state index contributed by atoms with van der Waals surface area (Å²) in [6.07, 6.45) is -2.15. The van der Waals surface area contributed by atoms with Crippen LogP contribution in [0.25, 0.3) is 0 Å². The SMILES string of the molecule is CC(=O)SCC(O)C(O)c1ccc2c(c1)C(=O)NC2. The van der Waals surface area contributed by atoms with E-state index >= 15 is 0 Å². The summed E-state index contributed by atoms with van der Waals surface area (Å²) in [5, 5.41) is 22.4. The first-order valence-electron chi connectivity index (χ1n) is 5.89. The predicted molar refractivity (Wildman–Crippen MR) is 71.7 cm³/mol. The highest BCUT2D eigenvalue weighted by atomic mass is 32.2. The molecule has 0 saturated heterocycles. The van der Waals surface area contributed by atoms with Gasteiger partial charge in [0.1, 0.15) is 6.10 Å². The fourth-order valence-electron chi connectivity index (χ4n) is 1.93. The van der Waals surface area contributed by atoms with Crippen molar-refractivity contribution in [3.05, 3.63) is 34.9 Å². The first-order valence-corrected chi connectivity index (χ1v) is 6.88. The van der Waals surface area contributed by atoms with Crippen molar-refractivity contribution in [3.8, 4) is 0 Å². The summed E-state index contributed by atoms with van der Waals surface area (Å²) in [6, 6.07) is 5.03. The molecule has 6 heteroatoms. The molecule has 0 spiro atoms. The number of amides is 1. The van der Waals surface area contributed by atoms with Crippen LogP contribution in [-0.4, -0.2) is 33.1 Å². The Morgan fingerprint density at radius 1 is 1.47 bits per heavy atom. The molecule has 0 saturated carbocycles. The van der Waals surface area contributed by atoms with Crippen molar-refractivity contribution in [2.24, 2.45) is 0 Å². The number of carbonyl (C=O) groups excluding carboxylic acids is 2. The summed E-state index contributed by atoms with van der Waals surface area (Å²) in [4.78, 5) is 22.3. The third-order valence-electron chi connectivity index (χ3n) is 2.98. The molecule has 1 aromatic carbocycles. The summed E-state index contributed by atoms with van der Waals surface area (Å²) < 4.78 is 0. The zero-order valence-electron chi connectivity index (χ0n) is 10.4. The van der Waals surface area contributed by atoms with Crippen LogP contribution in [0.1, 0.15) is 34.5 Å². The molecular formula is C13H15NO4S. The number of benzene rings is 1. The lowest BCUT2D eigenvalue weighted by Crippen LogP contribution is -2.21. The minimum Gasteiger partial charge on any atom is -0.389 e. The van der Waals surface area contributed by atoms with Crippen molar-refractivity contribution in [3.63, 3.8) is 0 Å². The van der Waals surface area contributed by atoms with Crippen LogP contribution in [0.2, 0.25) is 0 Å². The van der Waals surface area contributed by atoms with E-state index in [1.165, 1.54) is 6.92 Å². The van der Waals surface area contributed by atoms with Crippen LogP contribution in [0.5, 0.6) is 0 Å². The highest BCUT2D eigenvalue weighted by Gasteiger charge is 2.24. The van der Waals surface area contributed by atoms with Crippen molar-refractivity contribution in [2.45, 2.75) is 25.7 Å². The van der Waals surface area contributed by atoms with Crippen molar-refractivity contribution in [1.29, 1.82) is 0 Å². The van der Waals surface area contributed by atoms with E-state index in [0.29, 0.717) is 17.7 Å². The zero-order chi connectivity index (χ0) is 14.0. The molecular weight excluding hydrogens is 266 g/mol. The quantitative estimate of drug-likeness (QED) is 0.752. The van der Waals surface area contributed by atoms with Gasteiger partial charge in [-0.15, -0.1) is 0 Å². The molecule has 1 aliphatic heterocycles. The highest BCUT2D eigenvalue weighted by Crippen LogP contribution is 2.24. The first kappa shape index (κ1) is 14.0. The molecule has 0 radical (unpaired) electrons. The third-order valence-corrected chi connectivity index (χ3v) is 3.90. The number of carbonyl (C=O) groups is 2. The second-order valence-electron chi connectivity index (χ2n) is 4.41. The molecule has 0 fully saturated rings. The smallest absolute Gasteiger partial charge is 0.251 e. The Morgan fingerprint density at radius 3 is 2.89 bits per heavy atom. The van der Waals surface area contributed by atoms with Crippen molar-refractivity contribution >= 4 is 22.8 Å². The van der Waals surface area contributed by atoms with Gasteiger partial charge in [-0.3, -0.25) is 9.59 Å². The highest BCUT2D eigenvalue weighted by molar-refractivity contribution is 8.13. The maximum atomic E-state index is 11.5. The van der Waals surface area contributed by atoms with Gasteiger partial charge in [-0.2, -0.15) is 0 Å². The summed E-state index contributed by atoms with van der Waals surface area (Å²) in [6.45, 7) is 1.90. The lowest BCUT2D eigenvalue weighted by molar-refractivity contribution is -0.109. The third kappa shape index (κ3) is 3.15. The largest absolute Gasteiger partial charge is 0.389 e. The fraction of sp³-hybridized carbons (Fsp3) is 0.385. The summed E-state index contributed by atoms with van der Waals surface area (Å²) in [5.41, 5.74) is 1.89. The van der Waals surface area contributed by atoms with Gasteiger partial charge in [0.25, 0.3) is 5.91 Å². The molecule has 3 N–H and O–H groups in total. The molecule has 2 rings (SSSR count). The van der Waals surface area contributed by atoms with E-state index in [4.69, 9.17) is 0 Å². The van der Waals surface area contributed by atoms with E-state index < -0.39 is 12.2 Å². The summed E-state index contributed by atoms with van der Waals surface area (Å²) >= 11 is 0.960. The molecule has 1 aliphatic rings. The monoisotopic (exact) mass is 281 g/mol. The van der Waals surface area contributed by atoms with Gasteiger partial charge in [0, 0.05) is 24.8 Å². The molecule has 0 aromatic heterocycles. The minimum absolute atomic E-state index is 0.111. The van der Waals surface area contributed by atoms with E-state index in [1.54, 1.807) is 18.2 Å². The predicted octanol–water partition coefficient (Wildman–Crippen LogP) is 0.604. The number of aliphatic hydroxyl groups excluding tert-OH is 2. The average Bonchev–Trinajstić information content (AvgIpc) is 2.76. The second-order valence-corrected chi connectivity index (χ2v) is 5.61. The Bertz CT molecular complexity index is 517. The van der Waals surface area contributed by atoms with Crippen LogP contribution in [0.15, 0.2) is 18.2 Å². The van der Waals surface area contributed by atoms with Crippen molar-refractivity contribution < 1.29 is 19.8 Å². The molecule has 19 heavy (non-hydrogen) atoms. The van der Waals surface area contributed by atoms with Crippen molar-refractivity contribution in [2.75, 3.05) is 5.75 Å². The number of rotatable bonds is 4. The standard InChI is InChI=1S/C13H15NO4S/c1-7(15)19-6-11(16)12(17)8-2-3-9-5-14-13(18)10(9)4-8/h2-4,11-12,16-17H,5-6H2,1H3,(H,14,18). The van der Waals surface area contributed by atoms with E-state index in [-0.39, 0.29) is 16.8 Å². The Balaban J connectivity index is 2.11.